The zero-order valence-corrected chi connectivity index (χ0v) is 21.3. The summed E-state index contributed by atoms with van der Waals surface area (Å²) in [7, 11) is 0. The van der Waals surface area contributed by atoms with E-state index < -0.39 is 11.6 Å². The largest absolute Gasteiger partial charge is 0.460 e. The van der Waals surface area contributed by atoms with Crippen molar-refractivity contribution in [2.45, 2.75) is 103 Å². The van der Waals surface area contributed by atoms with Gasteiger partial charge in [0.15, 0.2) is 0 Å². The maximum Gasteiger partial charge on any atom is 0.306 e. The topological polar surface area (TPSA) is 105 Å². The van der Waals surface area contributed by atoms with Crippen LogP contribution in [0.3, 0.4) is 0 Å². The molecule has 35 heavy (non-hydrogen) atoms. The molecule has 1 atom stereocenters. The van der Waals surface area contributed by atoms with Gasteiger partial charge in [-0.1, -0.05) is 38.2 Å². The maximum atomic E-state index is 12.9. The highest BCUT2D eigenvalue weighted by molar-refractivity contribution is 6.06. The third-order valence-corrected chi connectivity index (χ3v) is 6.38. The first kappa shape index (κ1) is 26.7. The van der Waals surface area contributed by atoms with Crippen molar-refractivity contribution in [3.05, 3.63) is 29.3 Å². The van der Waals surface area contributed by atoms with E-state index in [-0.39, 0.29) is 30.1 Å². The lowest BCUT2D eigenvalue weighted by Crippen LogP contribution is -2.52. The first-order chi connectivity index (χ1) is 16.7. The Labute approximate surface area is 208 Å². The van der Waals surface area contributed by atoms with Crippen LogP contribution >= 0.6 is 0 Å². The summed E-state index contributed by atoms with van der Waals surface area (Å²) in [5, 5.41) is 5.81. The van der Waals surface area contributed by atoms with E-state index >= 15 is 0 Å². The van der Waals surface area contributed by atoms with Crippen LogP contribution in [0, 0.1) is 0 Å². The van der Waals surface area contributed by atoms with Crippen LogP contribution in [0.25, 0.3) is 0 Å². The number of imide groups is 1. The molecule has 1 aromatic rings. The number of fused-ring (bicyclic) bond motifs is 1. The highest BCUT2D eigenvalue weighted by Crippen LogP contribution is 2.32. The molecule has 8 heteroatoms. The van der Waals surface area contributed by atoms with Crippen molar-refractivity contribution in [1.29, 1.82) is 0 Å². The van der Waals surface area contributed by atoms with Gasteiger partial charge in [0.05, 0.1) is 0 Å². The first-order valence-corrected chi connectivity index (χ1v) is 12.9. The van der Waals surface area contributed by atoms with Crippen molar-refractivity contribution >= 4 is 29.4 Å². The molecule has 2 N–H and O–H groups in total. The van der Waals surface area contributed by atoms with Crippen molar-refractivity contribution in [3.8, 4) is 0 Å². The number of hydrogen-bond acceptors (Lipinski definition) is 6. The molecule has 0 aromatic heterocycles. The summed E-state index contributed by atoms with van der Waals surface area (Å²) in [5.74, 6) is -0.928. The number of carbonyl (C=O) groups is 4. The summed E-state index contributed by atoms with van der Waals surface area (Å²) in [6.45, 7) is 6.87. The predicted molar refractivity (Wildman–Crippen MR) is 134 cm³/mol. The van der Waals surface area contributed by atoms with E-state index in [4.69, 9.17) is 4.74 Å². The molecule has 2 heterocycles. The molecule has 3 rings (SSSR count). The molecule has 0 spiro atoms. The van der Waals surface area contributed by atoms with E-state index in [0.717, 1.165) is 62.7 Å². The SMILES string of the molecule is CC(C)(C)OC(=O)CCCCCCCCCNc1cccc2c1CN(C1CCC(=O)NC1=O)C2=O. The van der Waals surface area contributed by atoms with Gasteiger partial charge in [0, 0.05) is 42.7 Å². The van der Waals surface area contributed by atoms with Gasteiger partial charge in [-0.15, -0.1) is 0 Å². The number of ether oxygens (including phenoxy) is 1. The summed E-state index contributed by atoms with van der Waals surface area (Å²) in [6, 6.07) is 5.05. The normalized spacial score (nSPS) is 17.9. The summed E-state index contributed by atoms with van der Waals surface area (Å²) < 4.78 is 5.33. The number of nitrogens with one attached hydrogen (secondary N) is 2. The van der Waals surface area contributed by atoms with Crippen LogP contribution in [0.2, 0.25) is 0 Å². The minimum absolute atomic E-state index is 0.113. The maximum absolute atomic E-state index is 12.9. The molecular weight excluding hydrogens is 446 g/mol. The van der Waals surface area contributed by atoms with Crippen molar-refractivity contribution in [1.82, 2.24) is 10.2 Å². The summed E-state index contributed by atoms with van der Waals surface area (Å²) in [5.41, 5.74) is 2.08. The van der Waals surface area contributed by atoms with E-state index in [1.807, 2.05) is 32.9 Å². The van der Waals surface area contributed by atoms with E-state index in [1.165, 1.54) is 0 Å². The molecule has 3 amide bonds. The second-order valence-corrected chi connectivity index (χ2v) is 10.5. The lowest BCUT2D eigenvalue weighted by molar-refractivity contribution is -0.155. The molecular formula is C27H39N3O5. The molecule has 0 bridgehead atoms. The number of hydrogen-bond donors (Lipinski definition) is 2. The smallest absolute Gasteiger partial charge is 0.306 e. The lowest BCUT2D eigenvalue weighted by atomic mass is 10.0. The zero-order valence-electron chi connectivity index (χ0n) is 21.3. The Morgan fingerprint density at radius 2 is 1.74 bits per heavy atom. The van der Waals surface area contributed by atoms with Crippen LogP contribution in [0.15, 0.2) is 18.2 Å². The third-order valence-electron chi connectivity index (χ3n) is 6.38. The summed E-state index contributed by atoms with van der Waals surface area (Å²) >= 11 is 0. The van der Waals surface area contributed by atoms with Gasteiger partial charge in [0.2, 0.25) is 11.8 Å². The number of esters is 1. The Balaban J connectivity index is 1.33. The Morgan fingerprint density at radius 3 is 2.43 bits per heavy atom. The zero-order chi connectivity index (χ0) is 25.4. The van der Waals surface area contributed by atoms with Gasteiger partial charge >= 0.3 is 5.97 Å². The van der Waals surface area contributed by atoms with Crippen LogP contribution in [0.1, 0.15) is 101 Å². The molecule has 8 nitrogen and oxygen atoms in total. The van der Waals surface area contributed by atoms with Crippen LogP contribution in [-0.4, -0.2) is 46.8 Å². The number of carbonyl (C=O) groups excluding carboxylic acids is 4. The number of piperidine rings is 1. The molecule has 0 saturated carbocycles. The fraction of sp³-hybridized carbons (Fsp3) is 0.630. The summed E-state index contributed by atoms with van der Waals surface area (Å²) in [6.07, 6.45) is 8.64. The minimum Gasteiger partial charge on any atom is -0.460 e. The highest BCUT2D eigenvalue weighted by atomic mass is 16.6. The molecule has 1 saturated heterocycles. The number of anilines is 1. The molecule has 2 aliphatic rings. The fourth-order valence-corrected chi connectivity index (χ4v) is 4.65. The molecule has 0 aliphatic carbocycles. The lowest BCUT2D eigenvalue weighted by Gasteiger charge is -2.29. The second kappa shape index (κ2) is 12.2. The van der Waals surface area contributed by atoms with Gasteiger partial charge < -0.3 is 15.0 Å². The van der Waals surface area contributed by atoms with E-state index in [0.29, 0.717) is 24.9 Å². The molecule has 2 aliphatic heterocycles. The predicted octanol–water partition coefficient (Wildman–Crippen LogP) is 4.32. The summed E-state index contributed by atoms with van der Waals surface area (Å²) in [4.78, 5) is 49.9. The molecule has 192 valence electrons. The van der Waals surface area contributed by atoms with Gasteiger partial charge in [0.25, 0.3) is 5.91 Å². The van der Waals surface area contributed by atoms with Gasteiger partial charge in [-0.3, -0.25) is 24.5 Å². The minimum atomic E-state index is -0.593. The molecule has 1 aromatic carbocycles. The van der Waals surface area contributed by atoms with Gasteiger partial charge in [-0.2, -0.15) is 0 Å². The standard InChI is InChI=1S/C27H39N3O5/c1-27(2,3)35-24(32)14-9-7-5-4-6-8-10-17-28-21-13-11-12-19-20(21)18-30(26(19)34)22-15-16-23(31)29-25(22)33/h11-13,22,28H,4-10,14-18H2,1-3H3,(H,29,31,33). The van der Waals surface area contributed by atoms with Gasteiger partial charge in [0.1, 0.15) is 11.6 Å². The fourth-order valence-electron chi connectivity index (χ4n) is 4.65. The van der Waals surface area contributed by atoms with E-state index in [1.54, 1.807) is 11.0 Å². The molecule has 1 fully saturated rings. The Hall–Kier alpha value is -2.90. The average Bonchev–Trinajstić information content (AvgIpc) is 3.11. The van der Waals surface area contributed by atoms with Crippen LogP contribution in [0.5, 0.6) is 0 Å². The Morgan fingerprint density at radius 1 is 1.06 bits per heavy atom. The van der Waals surface area contributed by atoms with Crippen molar-refractivity contribution in [2.24, 2.45) is 0 Å². The number of benzene rings is 1. The van der Waals surface area contributed by atoms with Crippen LogP contribution < -0.4 is 10.6 Å². The number of amides is 3. The Bertz CT molecular complexity index is 937. The van der Waals surface area contributed by atoms with Crippen LogP contribution in [0.4, 0.5) is 5.69 Å². The third kappa shape index (κ3) is 7.80. The van der Waals surface area contributed by atoms with Crippen molar-refractivity contribution in [3.63, 3.8) is 0 Å². The van der Waals surface area contributed by atoms with Crippen LogP contribution in [-0.2, 0) is 25.7 Å². The van der Waals surface area contributed by atoms with Crippen molar-refractivity contribution < 1.29 is 23.9 Å². The molecule has 0 radical (unpaired) electrons. The second-order valence-electron chi connectivity index (χ2n) is 10.5. The number of nitrogens with zero attached hydrogens (tertiary/aromatic N) is 1. The number of rotatable bonds is 12. The highest BCUT2D eigenvalue weighted by Gasteiger charge is 2.39. The quantitative estimate of drug-likeness (QED) is 0.260. The van der Waals surface area contributed by atoms with E-state index in [2.05, 4.69) is 10.6 Å². The van der Waals surface area contributed by atoms with Gasteiger partial charge in [-0.25, -0.2) is 0 Å². The van der Waals surface area contributed by atoms with Crippen molar-refractivity contribution in [2.75, 3.05) is 11.9 Å². The van der Waals surface area contributed by atoms with E-state index in [9.17, 15) is 19.2 Å². The average molecular weight is 486 g/mol. The Kier molecular flexibility index (Phi) is 9.29. The number of unbranched alkanes of at least 4 members (excludes halogenated alkanes) is 6. The first-order valence-electron chi connectivity index (χ1n) is 12.9. The monoisotopic (exact) mass is 485 g/mol. The van der Waals surface area contributed by atoms with Gasteiger partial charge in [-0.05, 0) is 52.2 Å². The molecule has 1 unspecified atom stereocenters.